The fraction of sp³-hybridized carbons (Fsp3) is 0.800. The van der Waals surface area contributed by atoms with Crippen molar-refractivity contribution < 1.29 is 30.6 Å². The second-order valence-corrected chi connectivity index (χ2v) is 5.66. The molecule has 0 bridgehead atoms. The first-order chi connectivity index (χ1) is 13.1. The second-order valence-electron chi connectivity index (χ2n) is 5.66. The summed E-state index contributed by atoms with van der Waals surface area (Å²) in [4.78, 5) is 3.40. The quantitative estimate of drug-likeness (QED) is 0.153. The van der Waals surface area contributed by atoms with Gasteiger partial charge in [0.05, 0.1) is 39.6 Å². The van der Waals surface area contributed by atoms with E-state index in [2.05, 4.69) is 10.5 Å². The zero-order valence-electron chi connectivity index (χ0n) is 15.5. The SMILES string of the molecule is OCCN(CCO)C1=CC(N(CCO)CCO)=NN(N(CCO)CCO)N1. The molecule has 7 N–H and O–H groups in total. The van der Waals surface area contributed by atoms with E-state index in [1.165, 1.54) is 5.23 Å². The molecule has 0 spiro atoms. The minimum absolute atomic E-state index is 0.126. The third-order valence-electron chi connectivity index (χ3n) is 3.81. The van der Waals surface area contributed by atoms with E-state index in [1.807, 2.05) is 0 Å². The molecule has 0 unspecified atom stereocenters. The van der Waals surface area contributed by atoms with Gasteiger partial charge in [0.15, 0.2) is 5.84 Å². The molecule has 0 fully saturated rings. The van der Waals surface area contributed by atoms with E-state index in [1.54, 1.807) is 20.9 Å². The molecule has 0 radical (unpaired) electrons. The highest BCUT2D eigenvalue weighted by Gasteiger charge is 2.24. The Morgan fingerprint density at radius 2 is 1.15 bits per heavy atom. The Balaban J connectivity index is 3.19. The van der Waals surface area contributed by atoms with Crippen molar-refractivity contribution in [1.82, 2.24) is 25.5 Å². The van der Waals surface area contributed by atoms with Gasteiger partial charge in [-0.1, -0.05) is 0 Å². The maximum atomic E-state index is 9.31. The highest BCUT2D eigenvalue weighted by atomic mass is 16.3. The summed E-state index contributed by atoms with van der Waals surface area (Å²) in [5.74, 6) is 0.971. The molecule has 1 aliphatic rings. The van der Waals surface area contributed by atoms with Crippen LogP contribution in [0.3, 0.4) is 0 Å². The molecule has 12 heteroatoms. The fourth-order valence-corrected chi connectivity index (χ4v) is 2.57. The van der Waals surface area contributed by atoms with Gasteiger partial charge in [-0.2, -0.15) is 5.01 Å². The van der Waals surface area contributed by atoms with Gasteiger partial charge < -0.3 is 40.4 Å². The van der Waals surface area contributed by atoms with Crippen molar-refractivity contribution in [2.24, 2.45) is 5.10 Å². The van der Waals surface area contributed by atoms with E-state index in [-0.39, 0.29) is 78.9 Å². The molecule has 27 heavy (non-hydrogen) atoms. The van der Waals surface area contributed by atoms with Crippen LogP contribution in [-0.2, 0) is 0 Å². The number of aliphatic hydroxyl groups excluding tert-OH is 6. The van der Waals surface area contributed by atoms with Crippen LogP contribution in [0.5, 0.6) is 0 Å². The molecule has 0 saturated carbocycles. The Labute approximate surface area is 158 Å². The highest BCUT2D eigenvalue weighted by molar-refractivity contribution is 5.93. The first kappa shape index (κ1) is 23.4. The van der Waals surface area contributed by atoms with Gasteiger partial charge in [0.1, 0.15) is 5.82 Å². The van der Waals surface area contributed by atoms with Crippen LogP contribution in [-0.4, -0.2) is 135 Å². The van der Waals surface area contributed by atoms with E-state index < -0.39 is 0 Å². The van der Waals surface area contributed by atoms with Gasteiger partial charge in [-0.05, 0) is 0 Å². The number of nitrogens with one attached hydrogen (secondary N) is 1. The van der Waals surface area contributed by atoms with Gasteiger partial charge in [0.2, 0.25) is 0 Å². The predicted octanol–water partition coefficient (Wildman–Crippen LogP) is -4.26. The second kappa shape index (κ2) is 13.5. The van der Waals surface area contributed by atoms with Crippen LogP contribution in [0, 0.1) is 0 Å². The van der Waals surface area contributed by atoms with Crippen LogP contribution < -0.4 is 5.43 Å². The lowest BCUT2D eigenvalue weighted by Crippen LogP contribution is -2.55. The highest BCUT2D eigenvalue weighted by Crippen LogP contribution is 2.12. The van der Waals surface area contributed by atoms with E-state index in [4.69, 9.17) is 0 Å². The van der Waals surface area contributed by atoms with Gasteiger partial charge in [0.25, 0.3) is 0 Å². The molecular formula is C15H32N6O6. The lowest BCUT2D eigenvalue weighted by atomic mass is 10.3. The average Bonchev–Trinajstić information content (AvgIpc) is 2.67. The Morgan fingerprint density at radius 3 is 1.59 bits per heavy atom. The van der Waals surface area contributed by atoms with Crippen LogP contribution in [0.15, 0.2) is 17.0 Å². The smallest absolute Gasteiger partial charge is 0.156 e. The first-order valence-electron chi connectivity index (χ1n) is 8.92. The number of nitrogens with zero attached hydrogens (tertiary/aromatic N) is 5. The summed E-state index contributed by atoms with van der Waals surface area (Å²) in [5, 5.41) is 63.2. The number of aliphatic hydroxyl groups is 6. The molecule has 0 aromatic carbocycles. The number of amidine groups is 1. The van der Waals surface area contributed by atoms with E-state index >= 15 is 0 Å². The minimum atomic E-state index is -0.157. The van der Waals surface area contributed by atoms with Crippen LogP contribution >= 0.6 is 0 Å². The van der Waals surface area contributed by atoms with Crippen LogP contribution in [0.1, 0.15) is 0 Å². The first-order valence-corrected chi connectivity index (χ1v) is 8.92. The van der Waals surface area contributed by atoms with Crippen LogP contribution in [0.4, 0.5) is 0 Å². The minimum Gasteiger partial charge on any atom is -0.395 e. The topological polar surface area (TPSA) is 159 Å². The zero-order chi connectivity index (χ0) is 20.1. The largest absolute Gasteiger partial charge is 0.395 e. The Bertz CT molecular complexity index is 448. The summed E-state index contributed by atoms with van der Waals surface area (Å²) in [6.07, 6.45) is 1.68. The van der Waals surface area contributed by atoms with Crippen LogP contribution in [0.2, 0.25) is 0 Å². The molecule has 158 valence electrons. The fourth-order valence-electron chi connectivity index (χ4n) is 2.57. The lowest BCUT2D eigenvalue weighted by Gasteiger charge is -2.40. The molecule has 0 atom stereocenters. The maximum absolute atomic E-state index is 9.31. The molecular weight excluding hydrogens is 360 g/mol. The normalized spacial score (nSPS) is 14.1. The summed E-state index contributed by atoms with van der Waals surface area (Å²) in [6, 6.07) is 0. The van der Waals surface area contributed by atoms with Crippen molar-refractivity contribution in [3.8, 4) is 0 Å². The molecule has 0 saturated heterocycles. The number of hydrazine groups is 2. The van der Waals surface area contributed by atoms with Gasteiger partial charge in [-0.25, -0.2) is 0 Å². The number of hydrazone groups is 1. The third kappa shape index (κ3) is 7.46. The molecule has 1 aliphatic heterocycles. The molecule has 0 aromatic heterocycles. The lowest BCUT2D eigenvalue weighted by molar-refractivity contribution is -0.0847. The Morgan fingerprint density at radius 1 is 0.704 bits per heavy atom. The Kier molecular flexibility index (Phi) is 11.7. The van der Waals surface area contributed by atoms with Crippen LogP contribution in [0.25, 0.3) is 0 Å². The molecule has 0 amide bonds. The van der Waals surface area contributed by atoms with Gasteiger partial charge in [-0.15, -0.1) is 10.3 Å². The third-order valence-corrected chi connectivity index (χ3v) is 3.81. The number of hydrogen-bond acceptors (Lipinski definition) is 12. The molecule has 0 aliphatic carbocycles. The molecule has 1 heterocycles. The van der Waals surface area contributed by atoms with E-state index in [0.717, 1.165) is 0 Å². The summed E-state index contributed by atoms with van der Waals surface area (Å²) in [7, 11) is 0. The summed E-state index contributed by atoms with van der Waals surface area (Å²) >= 11 is 0. The summed E-state index contributed by atoms with van der Waals surface area (Å²) < 4.78 is 0. The Hall–Kier alpha value is -1.67. The van der Waals surface area contributed by atoms with E-state index in [0.29, 0.717) is 11.7 Å². The molecule has 0 aromatic rings. The van der Waals surface area contributed by atoms with Crippen molar-refractivity contribution in [2.75, 3.05) is 78.9 Å². The zero-order valence-corrected chi connectivity index (χ0v) is 15.5. The monoisotopic (exact) mass is 392 g/mol. The summed E-state index contributed by atoms with van der Waals surface area (Å²) in [6.45, 7) is 0.600. The van der Waals surface area contributed by atoms with Gasteiger partial charge in [0, 0.05) is 45.3 Å². The molecule has 1 rings (SSSR count). The average molecular weight is 392 g/mol. The van der Waals surface area contributed by atoms with Crippen molar-refractivity contribution in [2.45, 2.75) is 0 Å². The molecule has 12 nitrogen and oxygen atoms in total. The van der Waals surface area contributed by atoms with E-state index in [9.17, 15) is 30.6 Å². The summed E-state index contributed by atoms with van der Waals surface area (Å²) in [5.41, 5.74) is 3.02. The van der Waals surface area contributed by atoms with Gasteiger partial charge in [-0.3, -0.25) is 5.43 Å². The van der Waals surface area contributed by atoms with Crippen molar-refractivity contribution in [3.63, 3.8) is 0 Å². The predicted molar refractivity (Wildman–Crippen MR) is 97.7 cm³/mol. The number of rotatable bonds is 14. The standard InChI is InChI=1S/C15H32N6O6/c22-7-1-18(2-8-23)14-13-15(19(3-9-24)4-10-25)17-21(16-14)20(5-11-26)6-12-27/h13,16,22-27H,1-12H2. The van der Waals surface area contributed by atoms with Crippen molar-refractivity contribution >= 4 is 5.84 Å². The van der Waals surface area contributed by atoms with Gasteiger partial charge >= 0.3 is 0 Å². The van der Waals surface area contributed by atoms with Crippen molar-refractivity contribution in [3.05, 3.63) is 11.9 Å². The van der Waals surface area contributed by atoms with Crippen molar-refractivity contribution in [1.29, 1.82) is 0 Å². The number of hydrogen-bond donors (Lipinski definition) is 7. The maximum Gasteiger partial charge on any atom is 0.156 e.